The van der Waals surface area contributed by atoms with Gasteiger partial charge >= 0.3 is 0 Å². The van der Waals surface area contributed by atoms with Gasteiger partial charge in [-0.2, -0.15) is 0 Å². The predicted octanol–water partition coefficient (Wildman–Crippen LogP) is 1.34. The standard InChI is InChI=1S/C11H12N4OS/c1-7(12)9-3-2-8(6-14-9)17-11-13-5-4-10(16)15-11/h2-7H,12H2,1H3,(H,13,15,16)/t7-/m1/s1. The molecular weight excluding hydrogens is 236 g/mol. The third-order valence-corrected chi connectivity index (χ3v) is 2.97. The van der Waals surface area contributed by atoms with E-state index in [2.05, 4.69) is 15.0 Å². The Morgan fingerprint density at radius 1 is 1.35 bits per heavy atom. The number of nitrogens with two attached hydrogens (primary N) is 1. The van der Waals surface area contributed by atoms with Gasteiger partial charge in [0.1, 0.15) is 0 Å². The zero-order valence-electron chi connectivity index (χ0n) is 9.25. The maximum atomic E-state index is 11.1. The van der Waals surface area contributed by atoms with Gasteiger partial charge in [-0.05, 0) is 19.1 Å². The van der Waals surface area contributed by atoms with E-state index in [1.54, 1.807) is 6.20 Å². The monoisotopic (exact) mass is 248 g/mol. The third-order valence-electron chi connectivity index (χ3n) is 2.09. The van der Waals surface area contributed by atoms with Crippen molar-refractivity contribution in [3.05, 3.63) is 46.6 Å². The van der Waals surface area contributed by atoms with Crippen LogP contribution < -0.4 is 11.3 Å². The minimum absolute atomic E-state index is 0.0799. The van der Waals surface area contributed by atoms with Gasteiger partial charge in [-0.3, -0.25) is 9.78 Å². The van der Waals surface area contributed by atoms with Crippen molar-refractivity contribution in [2.75, 3.05) is 0 Å². The molecule has 0 bridgehead atoms. The molecule has 2 heterocycles. The number of hydrogen-bond donors (Lipinski definition) is 2. The molecule has 0 aliphatic heterocycles. The first-order chi connectivity index (χ1) is 8.15. The number of nitrogens with one attached hydrogen (secondary N) is 1. The fourth-order valence-corrected chi connectivity index (χ4v) is 1.97. The number of aromatic amines is 1. The molecular formula is C11H12N4OS. The van der Waals surface area contributed by atoms with E-state index >= 15 is 0 Å². The lowest BCUT2D eigenvalue weighted by Gasteiger charge is -2.05. The van der Waals surface area contributed by atoms with E-state index in [-0.39, 0.29) is 11.6 Å². The Bertz CT molecular complexity index is 550. The molecule has 6 heteroatoms. The van der Waals surface area contributed by atoms with E-state index in [1.165, 1.54) is 24.0 Å². The number of nitrogens with zero attached hydrogens (tertiary/aromatic N) is 2. The molecule has 0 spiro atoms. The zero-order valence-corrected chi connectivity index (χ0v) is 10.1. The molecule has 5 nitrogen and oxygen atoms in total. The summed E-state index contributed by atoms with van der Waals surface area (Å²) in [5.74, 6) is 0. The molecule has 0 amide bonds. The highest BCUT2D eigenvalue weighted by atomic mass is 32.2. The van der Waals surface area contributed by atoms with Crippen LogP contribution in [0.5, 0.6) is 0 Å². The highest BCUT2D eigenvalue weighted by Gasteiger charge is 2.03. The van der Waals surface area contributed by atoms with E-state index in [9.17, 15) is 4.79 Å². The average molecular weight is 248 g/mol. The second-order valence-corrected chi connectivity index (χ2v) is 4.61. The van der Waals surface area contributed by atoms with Gasteiger partial charge in [0.15, 0.2) is 5.16 Å². The first kappa shape index (κ1) is 11.8. The van der Waals surface area contributed by atoms with Crippen LogP contribution in [-0.4, -0.2) is 15.0 Å². The number of aromatic nitrogens is 3. The van der Waals surface area contributed by atoms with Gasteiger partial charge in [-0.25, -0.2) is 4.98 Å². The van der Waals surface area contributed by atoms with E-state index in [4.69, 9.17) is 5.73 Å². The van der Waals surface area contributed by atoms with Crippen LogP contribution in [0.3, 0.4) is 0 Å². The summed E-state index contributed by atoms with van der Waals surface area (Å²) in [6.45, 7) is 1.88. The largest absolute Gasteiger partial charge is 0.323 e. The van der Waals surface area contributed by atoms with Crippen molar-refractivity contribution in [3.8, 4) is 0 Å². The predicted molar refractivity (Wildman–Crippen MR) is 65.8 cm³/mol. The molecule has 0 radical (unpaired) electrons. The summed E-state index contributed by atoms with van der Waals surface area (Å²) in [5, 5.41) is 0.549. The fraction of sp³-hybridized carbons (Fsp3) is 0.182. The van der Waals surface area contributed by atoms with Gasteiger partial charge in [0.2, 0.25) is 0 Å². The lowest BCUT2D eigenvalue weighted by Crippen LogP contribution is -2.07. The van der Waals surface area contributed by atoms with Crippen LogP contribution in [0.4, 0.5) is 0 Å². The van der Waals surface area contributed by atoms with Gasteiger partial charge in [0, 0.05) is 29.4 Å². The van der Waals surface area contributed by atoms with Crippen molar-refractivity contribution in [2.45, 2.75) is 23.0 Å². The Morgan fingerprint density at radius 3 is 2.76 bits per heavy atom. The molecule has 88 valence electrons. The maximum Gasteiger partial charge on any atom is 0.251 e. The van der Waals surface area contributed by atoms with Crippen LogP contribution in [0, 0.1) is 0 Å². The van der Waals surface area contributed by atoms with Crippen molar-refractivity contribution in [1.29, 1.82) is 0 Å². The Labute approximate surface area is 103 Å². The minimum atomic E-state index is -0.164. The van der Waals surface area contributed by atoms with Crippen LogP contribution in [-0.2, 0) is 0 Å². The maximum absolute atomic E-state index is 11.1. The molecule has 0 unspecified atom stereocenters. The number of H-pyrrole nitrogens is 1. The van der Waals surface area contributed by atoms with Crippen LogP contribution in [0.25, 0.3) is 0 Å². The van der Waals surface area contributed by atoms with Crippen molar-refractivity contribution >= 4 is 11.8 Å². The second-order valence-electron chi connectivity index (χ2n) is 3.55. The van der Waals surface area contributed by atoms with Gasteiger partial charge in [-0.1, -0.05) is 11.8 Å². The fourth-order valence-electron chi connectivity index (χ4n) is 1.24. The van der Waals surface area contributed by atoms with Crippen LogP contribution in [0.1, 0.15) is 18.7 Å². The van der Waals surface area contributed by atoms with E-state index in [1.807, 2.05) is 19.1 Å². The van der Waals surface area contributed by atoms with E-state index in [0.717, 1.165) is 10.6 Å². The quantitative estimate of drug-likeness (QED) is 0.801. The summed E-state index contributed by atoms with van der Waals surface area (Å²) < 4.78 is 0. The van der Waals surface area contributed by atoms with Crippen molar-refractivity contribution in [1.82, 2.24) is 15.0 Å². The van der Waals surface area contributed by atoms with Crippen LogP contribution in [0.15, 0.2) is 45.4 Å². The summed E-state index contributed by atoms with van der Waals surface area (Å²) >= 11 is 1.35. The van der Waals surface area contributed by atoms with Crippen LogP contribution in [0.2, 0.25) is 0 Å². The number of hydrogen-bond acceptors (Lipinski definition) is 5. The highest BCUT2D eigenvalue weighted by molar-refractivity contribution is 7.99. The SMILES string of the molecule is C[C@@H](N)c1ccc(Sc2nccc(=O)[nH]2)cn1. The lowest BCUT2D eigenvalue weighted by atomic mass is 10.2. The zero-order chi connectivity index (χ0) is 12.3. The molecule has 0 saturated carbocycles. The molecule has 2 aromatic heterocycles. The van der Waals surface area contributed by atoms with Crippen molar-refractivity contribution < 1.29 is 0 Å². The van der Waals surface area contributed by atoms with Crippen molar-refractivity contribution in [3.63, 3.8) is 0 Å². The van der Waals surface area contributed by atoms with Gasteiger partial charge in [0.05, 0.1) is 5.69 Å². The summed E-state index contributed by atoms with van der Waals surface area (Å²) in [6.07, 6.45) is 3.20. The molecule has 2 aromatic rings. The summed E-state index contributed by atoms with van der Waals surface area (Å²) in [7, 11) is 0. The Hall–Kier alpha value is -1.66. The Morgan fingerprint density at radius 2 is 2.18 bits per heavy atom. The highest BCUT2D eigenvalue weighted by Crippen LogP contribution is 2.23. The molecule has 0 aromatic carbocycles. The molecule has 0 saturated heterocycles. The Kier molecular flexibility index (Phi) is 3.55. The summed E-state index contributed by atoms with van der Waals surface area (Å²) in [5.41, 5.74) is 6.38. The number of pyridine rings is 1. The smallest absolute Gasteiger partial charge is 0.251 e. The van der Waals surface area contributed by atoms with E-state index in [0.29, 0.717) is 5.16 Å². The molecule has 0 aliphatic carbocycles. The summed E-state index contributed by atoms with van der Waals surface area (Å²) in [6, 6.07) is 5.07. The van der Waals surface area contributed by atoms with Gasteiger partial charge in [0.25, 0.3) is 5.56 Å². The number of rotatable bonds is 3. The molecule has 17 heavy (non-hydrogen) atoms. The normalized spacial score (nSPS) is 12.4. The molecule has 0 fully saturated rings. The molecule has 3 N–H and O–H groups in total. The third kappa shape index (κ3) is 3.15. The molecule has 1 atom stereocenters. The van der Waals surface area contributed by atoms with Crippen LogP contribution >= 0.6 is 11.8 Å². The first-order valence-corrected chi connectivity index (χ1v) is 5.91. The lowest BCUT2D eigenvalue weighted by molar-refractivity contribution is 0.777. The van der Waals surface area contributed by atoms with Gasteiger partial charge < -0.3 is 10.7 Å². The average Bonchev–Trinajstić information content (AvgIpc) is 2.29. The summed E-state index contributed by atoms with van der Waals surface area (Å²) in [4.78, 5) is 22.9. The van der Waals surface area contributed by atoms with Gasteiger partial charge in [-0.15, -0.1) is 0 Å². The van der Waals surface area contributed by atoms with Crippen molar-refractivity contribution in [2.24, 2.45) is 5.73 Å². The Balaban J connectivity index is 2.16. The first-order valence-electron chi connectivity index (χ1n) is 5.10. The molecule has 2 rings (SSSR count). The minimum Gasteiger partial charge on any atom is -0.323 e. The second kappa shape index (κ2) is 5.11. The van der Waals surface area contributed by atoms with E-state index < -0.39 is 0 Å². The topological polar surface area (TPSA) is 84.7 Å². The molecule has 0 aliphatic rings.